The second-order valence-electron chi connectivity index (χ2n) is 5.08. The number of hydrogen-bond donors (Lipinski definition) is 1. The van der Waals surface area contributed by atoms with Gasteiger partial charge in [0.15, 0.2) is 0 Å². The Labute approximate surface area is 142 Å². The van der Waals surface area contributed by atoms with Crippen LogP contribution in [-0.2, 0) is 11.3 Å². The van der Waals surface area contributed by atoms with E-state index in [1.165, 1.54) is 6.07 Å². The van der Waals surface area contributed by atoms with Crippen LogP contribution in [0, 0.1) is 11.6 Å². The lowest BCUT2D eigenvalue weighted by Crippen LogP contribution is -2.30. The Morgan fingerprint density at radius 2 is 1.91 bits per heavy atom. The normalized spacial score (nSPS) is 10.9. The molecule has 2 aromatic rings. The van der Waals surface area contributed by atoms with E-state index >= 15 is 0 Å². The first-order valence-electron chi connectivity index (χ1n) is 6.72. The highest BCUT2D eigenvalue weighted by Crippen LogP contribution is 2.22. The summed E-state index contributed by atoms with van der Waals surface area (Å²) in [5.41, 5.74) is 0.758. The van der Waals surface area contributed by atoms with Gasteiger partial charge in [0.2, 0.25) is 5.91 Å². The lowest BCUT2D eigenvalue weighted by Gasteiger charge is -2.17. The third-order valence-electron chi connectivity index (χ3n) is 3.07. The molecule has 0 bridgehead atoms. The summed E-state index contributed by atoms with van der Waals surface area (Å²) in [6.45, 7) is 0.449. The van der Waals surface area contributed by atoms with E-state index in [1.54, 1.807) is 30.1 Å². The number of carbonyl (C=O) groups is 1. The van der Waals surface area contributed by atoms with Crippen LogP contribution < -0.4 is 5.32 Å². The Morgan fingerprint density at radius 1 is 1.17 bits per heavy atom. The average Bonchev–Trinajstić information content (AvgIpc) is 2.45. The number of halogens is 4. The van der Waals surface area contributed by atoms with Crippen LogP contribution in [0.25, 0.3) is 0 Å². The third kappa shape index (κ3) is 5.16. The van der Waals surface area contributed by atoms with E-state index in [2.05, 4.69) is 5.32 Å². The van der Waals surface area contributed by atoms with Crippen LogP contribution >= 0.6 is 23.2 Å². The van der Waals surface area contributed by atoms with Crippen LogP contribution in [0.5, 0.6) is 0 Å². The number of likely N-dealkylation sites (N-methyl/N-ethyl adjacent to an activating group) is 1. The molecule has 23 heavy (non-hydrogen) atoms. The van der Waals surface area contributed by atoms with E-state index in [-0.39, 0.29) is 12.2 Å². The van der Waals surface area contributed by atoms with Crippen LogP contribution in [0.4, 0.5) is 14.5 Å². The molecule has 0 saturated heterocycles. The van der Waals surface area contributed by atoms with Crippen molar-refractivity contribution in [2.24, 2.45) is 0 Å². The number of benzene rings is 2. The quantitative estimate of drug-likeness (QED) is 0.861. The van der Waals surface area contributed by atoms with E-state index in [0.29, 0.717) is 22.7 Å². The van der Waals surface area contributed by atoms with Crippen molar-refractivity contribution < 1.29 is 13.6 Å². The van der Waals surface area contributed by atoms with Crippen LogP contribution in [0.15, 0.2) is 36.4 Å². The van der Waals surface area contributed by atoms with Crippen LogP contribution in [0.3, 0.4) is 0 Å². The largest absolute Gasteiger partial charge is 0.322 e. The molecule has 0 saturated carbocycles. The zero-order chi connectivity index (χ0) is 17.0. The summed E-state index contributed by atoms with van der Waals surface area (Å²) in [6.07, 6.45) is 0. The van der Waals surface area contributed by atoms with Crippen LogP contribution in [0.2, 0.25) is 10.0 Å². The van der Waals surface area contributed by atoms with Gasteiger partial charge in [-0.3, -0.25) is 9.69 Å². The van der Waals surface area contributed by atoms with Crippen molar-refractivity contribution >= 4 is 34.8 Å². The molecule has 2 rings (SSSR count). The summed E-state index contributed by atoms with van der Waals surface area (Å²) in [5, 5.41) is 3.44. The minimum Gasteiger partial charge on any atom is -0.322 e. The van der Waals surface area contributed by atoms with Gasteiger partial charge in [-0.1, -0.05) is 29.3 Å². The maximum Gasteiger partial charge on any atom is 0.238 e. The summed E-state index contributed by atoms with van der Waals surface area (Å²) in [6, 6.07) is 8.09. The van der Waals surface area contributed by atoms with Crippen molar-refractivity contribution in [2.75, 3.05) is 18.9 Å². The number of nitrogens with one attached hydrogen (secondary N) is 1. The maximum atomic E-state index is 13.5. The number of anilines is 1. The number of hydrogen-bond acceptors (Lipinski definition) is 2. The van der Waals surface area contributed by atoms with Crippen LogP contribution in [0.1, 0.15) is 5.56 Å². The smallest absolute Gasteiger partial charge is 0.238 e. The molecule has 3 nitrogen and oxygen atoms in total. The van der Waals surface area contributed by atoms with E-state index in [4.69, 9.17) is 23.2 Å². The van der Waals surface area contributed by atoms with Crippen molar-refractivity contribution in [2.45, 2.75) is 6.54 Å². The molecular formula is C16H14Cl2F2N2O. The minimum atomic E-state index is -0.818. The third-order valence-corrected chi connectivity index (χ3v) is 3.66. The summed E-state index contributed by atoms with van der Waals surface area (Å²) >= 11 is 11.9. The predicted molar refractivity (Wildman–Crippen MR) is 87.8 cm³/mol. The molecule has 0 aliphatic heterocycles. The molecule has 0 heterocycles. The molecule has 122 valence electrons. The van der Waals surface area contributed by atoms with Crippen molar-refractivity contribution in [3.63, 3.8) is 0 Å². The number of rotatable bonds is 5. The Bertz CT molecular complexity index is 725. The van der Waals surface area contributed by atoms with Crippen molar-refractivity contribution in [1.29, 1.82) is 0 Å². The van der Waals surface area contributed by atoms with Gasteiger partial charge < -0.3 is 5.32 Å². The van der Waals surface area contributed by atoms with Gasteiger partial charge in [-0.15, -0.1) is 0 Å². The molecule has 0 fully saturated rings. The van der Waals surface area contributed by atoms with Gasteiger partial charge in [0, 0.05) is 22.7 Å². The summed E-state index contributed by atoms with van der Waals surface area (Å²) in [5.74, 6) is -1.93. The molecule has 0 aromatic heterocycles. The molecule has 7 heteroatoms. The summed E-state index contributed by atoms with van der Waals surface area (Å²) in [4.78, 5) is 13.6. The Hall–Kier alpha value is -1.69. The molecule has 0 radical (unpaired) electrons. The Kier molecular flexibility index (Phi) is 5.93. The fourth-order valence-corrected chi connectivity index (χ4v) is 2.49. The van der Waals surface area contributed by atoms with Gasteiger partial charge in [-0.25, -0.2) is 8.78 Å². The summed E-state index contributed by atoms with van der Waals surface area (Å²) in [7, 11) is 1.73. The minimum absolute atomic E-state index is 0.0236. The van der Waals surface area contributed by atoms with E-state index in [1.807, 2.05) is 0 Å². The highest BCUT2D eigenvalue weighted by Gasteiger charge is 2.12. The van der Waals surface area contributed by atoms with E-state index in [9.17, 15) is 13.6 Å². The Morgan fingerprint density at radius 3 is 2.57 bits per heavy atom. The molecular weight excluding hydrogens is 345 g/mol. The number of carbonyl (C=O) groups excluding carboxylic acids is 1. The van der Waals surface area contributed by atoms with Crippen molar-refractivity contribution in [3.8, 4) is 0 Å². The van der Waals surface area contributed by atoms with Gasteiger partial charge in [-0.2, -0.15) is 0 Å². The Balaban J connectivity index is 1.94. The first-order chi connectivity index (χ1) is 10.8. The highest BCUT2D eigenvalue weighted by atomic mass is 35.5. The molecule has 0 unspecified atom stereocenters. The van der Waals surface area contributed by atoms with E-state index < -0.39 is 17.5 Å². The zero-order valence-electron chi connectivity index (χ0n) is 12.2. The second kappa shape index (κ2) is 7.73. The second-order valence-corrected chi connectivity index (χ2v) is 5.92. The molecule has 0 aliphatic rings. The van der Waals surface area contributed by atoms with E-state index in [0.717, 1.165) is 11.6 Å². The highest BCUT2D eigenvalue weighted by molar-refractivity contribution is 6.35. The van der Waals surface area contributed by atoms with Crippen LogP contribution in [-0.4, -0.2) is 24.4 Å². The monoisotopic (exact) mass is 358 g/mol. The van der Waals surface area contributed by atoms with Crippen molar-refractivity contribution in [3.05, 3.63) is 63.6 Å². The number of nitrogens with zero attached hydrogens (tertiary/aromatic N) is 1. The predicted octanol–water partition coefficient (Wildman–Crippen LogP) is 4.34. The molecule has 0 spiro atoms. The molecule has 1 N–H and O–H groups in total. The summed E-state index contributed by atoms with van der Waals surface area (Å²) < 4.78 is 26.3. The van der Waals surface area contributed by atoms with Gasteiger partial charge in [0.05, 0.1) is 12.2 Å². The number of amides is 1. The van der Waals surface area contributed by atoms with Gasteiger partial charge in [-0.05, 0) is 36.9 Å². The molecule has 2 aromatic carbocycles. The maximum absolute atomic E-state index is 13.5. The lowest BCUT2D eigenvalue weighted by molar-refractivity contribution is -0.117. The zero-order valence-corrected chi connectivity index (χ0v) is 13.8. The fourth-order valence-electron chi connectivity index (χ4n) is 2.02. The van der Waals surface area contributed by atoms with Gasteiger partial charge in [0.25, 0.3) is 0 Å². The average molecular weight is 359 g/mol. The topological polar surface area (TPSA) is 32.3 Å². The van der Waals surface area contributed by atoms with Crippen molar-refractivity contribution in [1.82, 2.24) is 4.90 Å². The standard InChI is InChI=1S/C16H14Cl2F2N2O/c1-22(8-10-2-3-11(17)6-13(10)18)9-16(23)21-15-5-4-12(19)7-14(15)20/h2-7H,8-9H2,1H3,(H,21,23). The first-order valence-corrected chi connectivity index (χ1v) is 7.48. The van der Waals surface area contributed by atoms with Gasteiger partial charge in [0.1, 0.15) is 11.6 Å². The first kappa shape index (κ1) is 17.7. The molecule has 0 atom stereocenters. The SMILES string of the molecule is CN(CC(=O)Nc1ccc(F)cc1F)Cc1ccc(Cl)cc1Cl. The van der Waals surface area contributed by atoms with Gasteiger partial charge >= 0.3 is 0 Å². The molecule has 1 amide bonds. The fraction of sp³-hybridized carbons (Fsp3) is 0.188. The lowest BCUT2D eigenvalue weighted by atomic mass is 10.2. The molecule has 0 aliphatic carbocycles.